The smallest absolute Gasteiger partial charge is 0.410 e. The predicted octanol–water partition coefficient (Wildman–Crippen LogP) is 1.48. The number of nitrogens with one attached hydrogen (secondary N) is 1. The van der Waals surface area contributed by atoms with Crippen LogP contribution in [0.1, 0.15) is 46.1 Å². The summed E-state index contributed by atoms with van der Waals surface area (Å²) >= 11 is 0. The van der Waals surface area contributed by atoms with Crippen molar-refractivity contribution in [1.29, 1.82) is 0 Å². The van der Waals surface area contributed by atoms with E-state index in [9.17, 15) is 19.2 Å². The number of amides is 3. The Kier molecular flexibility index (Phi) is 7.09. The lowest BCUT2D eigenvalue weighted by atomic mass is 9.98. The van der Waals surface area contributed by atoms with Gasteiger partial charge in [-0.2, -0.15) is 0 Å². The zero-order valence-corrected chi connectivity index (χ0v) is 23.2. The Hall–Kier alpha value is -3.55. The lowest BCUT2D eigenvalue weighted by Gasteiger charge is -2.46. The van der Waals surface area contributed by atoms with Crippen LogP contribution in [0.15, 0.2) is 17.1 Å². The Balaban J connectivity index is 1.31. The Labute approximate surface area is 229 Å². The van der Waals surface area contributed by atoms with Crippen LogP contribution in [0.25, 0.3) is 11.0 Å². The third kappa shape index (κ3) is 5.16. The number of pyridine rings is 1. The number of aromatic nitrogens is 3. The molecule has 1 N–H and O–H groups in total. The average molecular weight is 564 g/mol. The molecule has 3 aliphatic rings. The average Bonchev–Trinajstić information content (AvgIpc) is 3.12. The second-order valence-corrected chi connectivity index (χ2v) is 11.7. The molecule has 0 aromatic carbocycles. The summed E-state index contributed by atoms with van der Waals surface area (Å²) in [7, 11) is 1.60. The highest BCUT2D eigenvalue weighted by Crippen LogP contribution is 2.34. The second-order valence-electron chi connectivity index (χ2n) is 11.7. The standard InChI is InChI=1S/C26H35F2N7O5/c1-25(2,3)40-24(39)34-10-8-18(26(27,28)15-34)32-11-13-33(14-12-32)21-20-16(7-9-29-21)35(23(38)31(20)4)17-5-6-19(36)30-22(17)37/h7,9,17-18H,5-6,8,10-15H2,1-4H3,(H,30,36,37)/t17?,18-/m1/s1. The van der Waals surface area contributed by atoms with E-state index in [-0.39, 0.29) is 31.7 Å². The molecule has 0 saturated carbocycles. The van der Waals surface area contributed by atoms with Crippen LogP contribution in [0.5, 0.6) is 0 Å². The summed E-state index contributed by atoms with van der Waals surface area (Å²) < 4.78 is 38.6. The number of imidazole rings is 1. The number of aryl methyl sites for hydroxylation is 1. The van der Waals surface area contributed by atoms with Crippen LogP contribution in [0.4, 0.5) is 19.4 Å². The summed E-state index contributed by atoms with van der Waals surface area (Å²) in [6.07, 6.45) is 1.32. The minimum atomic E-state index is -3.10. The Morgan fingerprint density at radius 3 is 2.42 bits per heavy atom. The van der Waals surface area contributed by atoms with Crippen molar-refractivity contribution in [2.24, 2.45) is 7.05 Å². The van der Waals surface area contributed by atoms with Gasteiger partial charge in [0.15, 0.2) is 5.82 Å². The topological polar surface area (TPSA) is 122 Å². The molecule has 14 heteroatoms. The van der Waals surface area contributed by atoms with Gasteiger partial charge in [-0.15, -0.1) is 0 Å². The van der Waals surface area contributed by atoms with Crippen molar-refractivity contribution in [2.45, 2.75) is 63.6 Å². The van der Waals surface area contributed by atoms with Gasteiger partial charge in [-0.05, 0) is 39.7 Å². The molecule has 218 valence electrons. The van der Waals surface area contributed by atoms with Gasteiger partial charge >= 0.3 is 11.8 Å². The van der Waals surface area contributed by atoms with Crippen molar-refractivity contribution < 1.29 is 27.9 Å². The quantitative estimate of drug-likeness (QED) is 0.558. The number of anilines is 1. The van der Waals surface area contributed by atoms with Crippen LogP contribution in [0.2, 0.25) is 0 Å². The van der Waals surface area contributed by atoms with Gasteiger partial charge < -0.3 is 14.5 Å². The van der Waals surface area contributed by atoms with Gasteiger partial charge in [-0.1, -0.05) is 0 Å². The second kappa shape index (κ2) is 10.1. The normalized spacial score (nSPS) is 24.4. The van der Waals surface area contributed by atoms with Crippen LogP contribution in [-0.2, 0) is 21.4 Å². The Bertz CT molecular complexity index is 1390. The number of hydrogen-bond acceptors (Lipinski definition) is 8. The van der Waals surface area contributed by atoms with E-state index >= 15 is 8.78 Å². The Morgan fingerprint density at radius 1 is 1.10 bits per heavy atom. The first-order valence-corrected chi connectivity index (χ1v) is 13.5. The minimum Gasteiger partial charge on any atom is -0.444 e. The monoisotopic (exact) mass is 563 g/mol. The van der Waals surface area contributed by atoms with Gasteiger partial charge in [0.2, 0.25) is 11.8 Å². The SMILES string of the molecule is Cn1c(=O)n(C2CCC(=O)NC2=O)c2ccnc(N3CCN([C@@H]4CCN(C(=O)OC(C)(C)C)CC4(F)F)CC3)c21. The maximum atomic E-state index is 15.2. The number of ether oxygens (including phenoxy) is 1. The number of hydrogen-bond donors (Lipinski definition) is 1. The summed E-state index contributed by atoms with van der Waals surface area (Å²) in [5.74, 6) is -3.44. The van der Waals surface area contributed by atoms with Gasteiger partial charge in [0.25, 0.3) is 5.92 Å². The molecule has 0 bridgehead atoms. The molecule has 3 amide bonds. The number of fused-ring (bicyclic) bond motifs is 1. The lowest BCUT2D eigenvalue weighted by Crippen LogP contribution is -2.62. The van der Waals surface area contributed by atoms with E-state index in [1.165, 1.54) is 9.13 Å². The minimum absolute atomic E-state index is 0.128. The molecular formula is C26H35F2N7O5. The van der Waals surface area contributed by atoms with E-state index in [1.54, 1.807) is 45.0 Å². The number of halogens is 2. The first-order valence-electron chi connectivity index (χ1n) is 13.5. The van der Waals surface area contributed by atoms with E-state index in [0.717, 1.165) is 4.90 Å². The molecule has 0 spiro atoms. The van der Waals surface area contributed by atoms with E-state index in [4.69, 9.17) is 4.74 Å². The van der Waals surface area contributed by atoms with E-state index in [1.807, 2.05) is 4.90 Å². The number of carbonyl (C=O) groups excluding carboxylic acids is 3. The summed E-state index contributed by atoms with van der Waals surface area (Å²) in [4.78, 5) is 59.1. The highest BCUT2D eigenvalue weighted by Gasteiger charge is 2.49. The third-order valence-electron chi connectivity index (χ3n) is 7.76. The summed E-state index contributed by atoms with van der Waals surface area (Å²) in [6.45, 7) is 6.12. The van der Waals surface area contributed by atoms with Crippen LogP contribution in [0.3, 0.4) is 0 Å². The maximum absolute atomic E-state index is 15.2. The van der Waals surface area contributed by atoms with Gasteiger partial charge in [0.1, 0.15) is 17.2 Å². The van der Waals surface area contributed by atoms with Crippen molar-refractivity contribution in [1.82, 2.24) is 29.2 Å². The fourth-order valence-corrected chi connectivity index (χ4v) is 5.88. The summed E-state index contributed by atoms with van der Waals surface area (Å²) in [5.41, 5.74) is -0.0890. The van der Waals surface area contributed by atoms with Crippen molar-refractivity contribution in [2.75, 3.05) is 44.2 Å². The number of rotatable bonds is 3. The Morgan fingerprint density at radius 2 is 1.80 bits per heavy atom. The van der Waals surface area contributed by atoms with E-state index < -0.39 is 47.8 Å². The van der Waals surface area contributed by atoms with Gasteiger partial charge in [-0.3, -0.25) is 28.9 Å². The molecule has 12 nitrogen and oxygen atoms in total. The highest BCUT2D eigenvalue weighted by molar-refractivity contribution is 6.00. The molecule has 5 rings (SSSR count). The zero-order valence-electron chi connectivity index (χ0n) is 23.2. The van der Waals surface area contributed by atoms with Gasteiger partial charge in [-0.25, -0.2) is 23.4 Å². The van der Waals surface area contributed by atoms with E-state index in [0.29, 0.717) is 43.0 Å². The molecule has 3 aliphatic heterocycles. The fourth-order valence-electron chi connectivity index (χ4n) is 5.88. The van der Waals surface area contributed by atoms with Crippen molar-refractivity contribution in [3.63, 3.8) is 0 Å². The number of piperazine rings is 1. The fraction of sp³-hybridized carbons (Fsp3) is 0.654. The number of alkyl halides is 2. The molecule has 3 fully saturated rings. The number of piperidine rings is 2. The van der Waals surface area contributed by atoms with Crippen molar-refractivity contribution in [3.8, 4) is 0 Å². The van der Waals surface area contributed by atoms with Crippen molar-refractivity contribution >= 4 is 34.8 Å². The molecular weight excluding hydrogens is 528 g/mol. The first-order chi connectivity index (χ1) is 18.8. The summed E-state index contributed by atoms with van der Waals surface area (Å²) in [6, 6.07) is -0.149. The molecule has 2 atom stereocenters. The molecule has 40 heavy (non-hydrogen) atoms. The maximum Gasteiger partial charge on any atom is 0.410 e. The highest BCUT2D eigenvalue weighted by atomic mass is 19.3. The molecule has 5 heterocycles. The van der Waals surface area contributed by atoms with Crippen LogP contribution in [0, 0.1) is 0 Å². The van der Waals surface area contributed by atoms with Gasteiger partial charge in [0.05, 0.1) is 18.1 Å². The molecule has 2 aromatic rings. The van der Waals surface area contributed by atoms with Gasteiger partial charge in [0, 0.05) is 52.4 Å². The molecule has 2 aromatic heterocycles. The van der Waals surface area contributed by atoms with Crippen LogP contribution < -0.4 is 15.9 Å². The van der Waals surface area contributed by atoms with Crippen LogP contribution in [-0.4, -0.2) is 98.7 Å². The zero-order chi connectivity index (χ0) is 29.0. The number of carbonyl (C=O) groups is 3. The van der Waals surface area contributed by atoms with E-state index in [2.05, 4.69) is 10.3 Å². The van der Waals surface area contributed by atoms with Crippen molar-refractivity contribution in [3.05, 3.63) is 22.7 Å². The number of nitrogens with zero attached hydrogens (tertiary/aromatic N) is 6. The molecule has 0 aliphatic carbocycles. The number of imide groups is 1. The lowest BCUT2D eigenvalue weighted by molar-refractivity contribution is -0.135. The number of likely N-dealkylation sites (tertiary alicyclic amines) is 1. The third-order valence-corrected chi connectivity index (χ3v) is 7.76. The molecule has 3 saturated heterocycles. The predicted molar refractivity (Wildman–Crippen MR) is 141 cm³/mol. The largest absolute Gasteiger partial charge is 0.444 e. The summed E-state index contributed by atoms with van der Waals surface area (Å²) in [5, 5.41) is 2.30. The first kappa shape index (κ1) is 28.0. The molecule has 1 unspecified atom stereocenters. The van der Waals surface area contributed by atoms with Crippen LogP contribution >= 0.6 is 0 Å². The molecule has 0 radical (unpaired) electrons.